The average Bonchev–Trinajstić information content (AvgIpc) is 3.29. The third-order valence-electron chi connectivity index (χ3n) is 5.54. The fraction of sp³-hybridized carbons (Fsp3) is 0.316. The number of sulfonamides is 1. The number of hydrogen-bond donors (Lipinski definition) is 3. The number of amides is 3. The Kier molecular flexibility index (Phi) is 5.77. The van der Waals surface area contributed by atoms with E-state index in [1.807, 2.05) is 0 Å². The van der Waals surface area contributed by atoms with E-state index in [1.165, 1.54) is 7.05 Å². The number of nitrogens with zero attached hydrogens (tertiary/aromatic N) is 2. The Morgan fingerprint density at radius 3 is 2.44 bits per heavy atom. The molecular weight excluding hydrogens is 483 g/mol. The van der Waals surface area contributed by atoms with Gasteiger partial charge in [-0.25, -0.2) is 26.3 Å². The molecule has 4 N–H and O–H groups in total. The minimum Gasteiger partial charge on any atom is -0.489 e. The number of aromatic nitrogens is 1. The molecule has 1 aromatic heterocycles. The van der Waals surface area contributed by atoms with Crippen molar-refractivity contribution in [3.8, 4) is 5.75 Å². The van der Waals surface area contributed by atoms with Crippen LogP contribution in [0.5, 0.6) is 5.75 Å². The van der Waals surface area contributed by atoms with Crippen LogP contribution in [-0.4, -0.2) is 61.3 Å². The second kappa shape index (κ2) is 8.32. The molecule has 182 valence electrons. The Labute approximate surface area is 190 Å². The Bertz CT molecular complexity index is 1300. The molecule has 0 bridgehead atoms. The highest BCUT2D eigenvalue weighted by Gasteiger charge is 2.43. The van der Waals surface area contributed by atoms with Crippen LogP contribution in [-0.2, 0) is 26.7 Å². The first-order chi connectivity index (χ1) is 15.9. The SMILES string of the molecule is Cn1cc2c(c1C(=O)Nc1cc(F)c(F)c(F)c1)OCC1CN(C(=O)C(N)=O)CC1NS2(=O)=O. The number of halogens is 3. The van der Waals surface area contributed by atoms with E-state index in [9.17, 15) is 36.0 Å². The molecule has 11 nitrogen and oxygen atoms in total. The van der Waals surface area contributed by atoms with Crippen LogP contribution < -0.4 is 20.5 Å². The fourth-order valence-corrected chi connectivity index (χ4v) is 5.43. The minimum atomic E-state index is -4.25. The molecule has 2 atom stereocenters. The maximum atomic E-state index is 13.5. The number of fused-ring (bicyclic) bond motifs is 2. The van der Waals surface area contributed by atoms with Crippen LogP contribution >= 0.6 is 0 Å². The topological polar surface area (TPSA) is 153 Å². The zero-order valence-electron chi connectivity index (χ0n) is 17.5. The maximum absolute atomic E-state index is 13.5. The summed E-state index contributed by atoms with van der Waals surface area (Å²) in [6.45, 7) is -0.258. The highest BCUT2D eigenvalue weighted by molar-refractivity contribution is 7.89. The molecule has 0 aliphatic carbocycles. The molecule has 2 aromatic rings. The van der Waals surface area contributed by atoms with Crippen molar-refractivity contribution in [2.45, 2.75) is 10.9 Å². The number of anilines is 1. The van der Waals surface area contributed by atoms with Crippen LogP contribution in [0.15, 0.2) is 23.2 Å². The number of nitrogens with two attached hydrogens (primary N) is 1. The van der Waals surface area contributed by atoms with Crippen molar-refractivity contribution < 1.29 is 40.7 Å². The third kappa shape index (κ3) is 4.07. The van der Waals surface area contributed by atoms with Crippen LogP contribution in [0.4, 0.5) is 18.9 Å². The second-order valence-corrected chi connectivity index (χ2v) is 9.55. The van der Waals surface area contributed by atoms with E-state index in [0.29, 0.717) is 12.1 Å². The van der Waals surface area contributed by atoms with Gasteiger partial charge in [-0.15, -0.1) is 0 Å². The van der Waals surface area contributed by atoms with Gasteiger partial charge >= 0.3 is 11.8 Å². The lowest BCUT2D eigenvalue weighted by molar-refractivity contribution is -0.143. The molecule has 1 fully saturated rings. The molecule has 1 saturated heterocycles. The highest BCUT2D eigenvalue weighted by Crippen LogP contribution is 2.34. The summed E-state index contributed by atoms with van der Waals surface area (Å²) in [5.41, 5.74) is 4.33. The summed E-state index contributed by atoms with van der Waals surface area (Å²) in [5, 5.41) is 2.18. The van der Waals surface area contributed by atoms with E-state index in [0.717, 1.165) is 15.7 Å². The minimum absolute atomic E-state index is 0.0210. The number of primary amides is 1. The van der Waals surface area contributed by atoms with Gasteiger partial charge in [0.2, 0.25) is 10.0 Å². The molecule has 2 unspecified atom stereocenters. The quantitative estimate of drug-likeness (QED) is 0.379. The number of hydrogen-bond acceptors (Lipinski definition) is 6. The van der Waals surface area contributed by atoms with Gasteiger partial charge in [0.1, 0.15) is 4.90 Å². The zero-order chi connectivity index (χ0) is 24.9. The summed E-state index contributed by atoms with van der Waals surface area (Å²) in [4.78, 5) is 36.7. The fourth-order valence-electron chi connectivity index (χ4n) is 3.94. The monoisotopic (exact) mass is 501 g/mol. The molecule has 15 heteroatoms. The van der Waals surface area contributed by atoms with Crippen molar-refractivity contribution in [2.24, 2.45) is 18.7 Å². The lowest BCUT2D eigenvalue weighted by atomic mass is 10.1. The Morgan fingerprint density at radius 2 is 1.82 bits per heavy atom. The van der Waals surface area contributed by atoms with E-state index >= 15 is 0 Å². The van der Waals surface area contributed by atoms with Crippen molar-refractivity contribution in [2.75, 3.05) is 25.0 Å². The van der Waals surface area contributed by atoms with Crippen LogP contribution in [0.1, 0.15) is 10.5 Å². The van der Waals surface area contributed by atoms with E-state index in [-0.39, 0.29) is 36.0 Å². The molecule has 0 saturated carbocycles. The van der Waals surface area contributed by atoms with E-state index < -0.39 is 62.8 Å². The highest BCUT2D eigenvalue weighted by atomic mass is 32.2. The Morgan fingerprint density at radius 1 is 1.18 bits per heavy atom. The molecule has 34 heavy (non-hydrogen) atoms. The predicted octanol–water partition coefficient (Wildman–Crippen LogP) is -0.322. The van der Waals surface area contributed by atoms with Gasteiger partial charge in [-0.05, 0) is 0 Å². The van der Waals surface area contributed by atoms with Crippen LogP contribution in [0.2, 0.25) is 0 Å². The molecule has 2 aliphatic rings. The van der Waals surface area contributed by atoms with Gasteiger partial charge in [0.25, 0.3) is 5.91 Å². The van der Waals surface area contributed by atoms with Crippen molar-refractivity contribution in [1.82, 2.24) is 14.2 Å². The summed E-state index contributed by atoms with van der Waals surface area (Å²) < 4.78 is 75.5. The number of aryl methyl sites for hydroxylation is 1. The van der Waals surface area contributed by atoms with Gasteiger partial charge in [0.15, 0.2) is 28.9 Å². The first-order valence-electron chi connectivity index (χ1n) is 9.78. The van der Waals surface area contributed by atoms with Gasteiger partial charge in [0, 0.05) is 56.1 Å². The molecule has 0 spiro atoms. The molecule has 1 aromatic carbocycles. The van der Waals surface area contributed by atoms with Gasteiger partial charge in [0.05, 0.1) is 6.61 Å². The van der Waals surface area contributed by atoms with Gasteiger partial charge < -0.3 is 25.3 Å². The first kappa shape index (κ1) is 23.6. The van der Waals surface area contributed by atoms with Gasteiger partial charge in [-0.2, -0.15) is 0 Å². The summed E-state index contributed by atoms with van der Waals surface area (Å²) >= 11 is 0. The number of likely N-dealkylation sites (tertiary alicyclic amines) is 1. The summed E-state index contributed by atoms with van der Waals surface area (Å²) in [7, 11) is -2.89. The number of rotatable bonds is 2. The average molecular weight is 501 g/mol. The molecule has 3 heterocycles. The Hall–Kier alpha value is -3.59. The largest absolute Gasteiger partial charge is 0.489 e. The van der Waals surface area contributed by atoms with Crippen LogP contribution in [0.3, 0.4) is 0 Å². The number of ether oxygens (including phenoxy) is 1. The lowest BCUT2D eigenvalue weighted by Crippen LogP contribution is -2.44. The van der Waals surface area contributed by atoms with Gasteiger partial charge in [-0.3, -0.25) is 14.4 Å². The van der Waals surface area contributed by atoms with Crippen LogP contribution in [0.25, 0.3) is 0 Å². The number of nitrogens with one attached hydrogen (secondary N) is 2. The number of carbonyl (C=O) groups excluding carboxylic acids is 3. The molecule has 2 aliphatic heterocycles. The standard InChI is InChI=1S/C19H18F3N5O6S/c1-26-6-13-16(15(26)18(29)24-9-2-10(20)14(22)11(21)3-9)33-7-8-4-27(19(30)17(23)28)5-12(8)25-34(13,31)32/h2-3,6,8,12,25H,4-5,7H2,1H3,(H2,23,28)(H,24,29). The molecule has 4 rings (SSSR count). The zero-order valence-corrected chi connectivity index (χ0v) is 18.3. The van der Waals surface area contributed by atoms with E-state index in [4.69, 9.17) is 10.5 Å². The van der Waals surface area contributed by atoms with Crippen molar-refractivity contribution in [1.29, 1.82) is 0 Å². The number of carbonyl (C=O) groups is 3. The predicted molar refractivity (Wildman–Crippen MR) is 109 cm³/mol. The summed E-state index contributed by atoms with van der Waals surface area (Å²) in [5.74, 6) is -8.78. The van der Waals surface area contributed by atoms with Crippen molar-refractivity contribution >= 4 is 33.4 Å². The molecular formula is C19H18F3N5O6S. The maximum Gasteiger partial charge on any atom is 0.311 e. The normalized spacial score (nSPS) is 21.0. The van der Waals surface area contributed by atoms with Gasteiger partial charge in [-0.1, -0.05) is 0 Å². The van der Waals surface area contributed by atoms with Crippen molar-refractivity contribution in [3.05, 3.63) is 41.5 Å². The molecule has 3 amide bonds. The van der Waals surface area contributed by atoms with Crippen LogP contribution in [0, 0.1) is 23.4 Å². The van der Waals surface area contributed by atoms with Crippen molar-refractivity contribution in [3.63, 3.8) is 0 Å². The summed E-state index contributed by atoms with van der Waals surface area (Å²) in [6.07, 6.45) is 1.11. The number of benzene rings is 1. The first-order valence-corrected chi connectivity index (χ1v) is 11.3. The van der Waals surface area contributed by atoms with E-state index in [1.54, 1.807) is 0 Å². The summed E-state index contributed by atoms with van der Waals surface area (Å²) in [6, 6.07) is 0.356. The molecule has 0 radical (unpaired) electrons. The van der Waals surface area contributed by atoms with E-state index in [2.05, 4.69) is 10.0 Å². The second-order valence-electron chi connectivity index (χ2n) is 7.86. The smallest absolute Gasteiger partial charge is 0.311 e. The Balaban J connectivity index is 1.65. The lowest BCUT2D eigenvalue weighted by Gasteiger charge is -2.23. The third-order valence-corrected chi connectivity index (χ3v) is 7.02.